The van der Waals surface area contributed by atoms with Gasteiger partial charge in [-0.3, -0.25) is 0 Å². The fourth-order valence-electron chi connectivity index (χ4n) is 1.55. The number of hydrogen-bond donors (Lipinski definition) is 0. The highest BCUT2D eigenvalue weighted by atomic mass is 79.9. The molecule has 0 aliphatic rings. The molecule has 0 radical (unpaired) electrons. The zero-order chi connectivity index (χ0) is 15.4. The van der Waals surface area contributed by atoms with Crippen molar-refractivity contribution >= 4 is 24.2 Å². The van der Waals surface area contributed by atoms with Gasteiger partial charge < -0.3 is 9.16 Å². The molecule has 114 valence electrons. The Morgan fingerprint density at radius 2 is 1.80 bits per heavy atom. The van der Waals surface area contributed by atoms with Crippen LogP contribution < -0.4 is 4.74 Å². The molecule has 0 fully saturated rings. The fourth-order valence-corrected chi connectivity index (χ4v) is 3.11. The second-order valence-electron chi connectivity index (χ2n) is 6.58. The largest absolute Gasteiger partial charge is 0.490 e. The normalized spacial score (nSPS) is 12.6. The van der Waals surface area contributed by atoms with Gasteiger partial charge in [-0.05, 0) is 58.2 Å². The zero-order valence-electron chi connectivity index (χ0n) is 13.5. The van der Waals surface area contributed by atoms with Gasteiger partial charge in [-0.2, -0.15) is 0 Å². The molecule has 1 rings (SSSR count). The number of hydrogen-bond acceptors (Lipinski definition) is 2. The minimum atomic E-state index is -1.66. The summed E-state index contributed by atoms with van der Waals surface area (Å²) in [6, 6.07) is 6.24. The maximum absolute atomic E-state index is 6.10. The predicted molar refractivity (Wildman–Crippen MR) is 92.2 cm³/mol. The molecule has 1 aromatic rings. The van der Waals surface area contributed by atoms with Crippen molar-refractivity contribution < 1.29 is 9.16 Å². The quantitative estimate of drug-likeness (QED) is 0.499. The Morgan fingerprint density at radius 3 is 2.30 bits per heavy atom. The Balaban J connectivity index is 2.46. The molecule has 20 heavy (non-hydrogen) atoms. The minimum Gasteiger partial charge on any atom is -0.490 e. The zero-order valence-corrected chi connectivity index (χ0v) is 16.1. The molecule has 1 aromatic carbocycles. The van der Waals surface area contributed by atoms with E-state index in [0.717, 1.165) is 16.6 Å². The third kappa shape index (κ3) is 4.90. The van der Waals surface area contributed by atoms with Crippen molar-refractivity contribution in [2.75, 3.05) is 13.2 Å². The van der Waals surface area contributed by atoms with E-state index in [-0.39, 0.29) is 5.04 Å². The monoisotopic (exact) mass is 358 g/mol. The highest BCUT2D eigenvalue weighted by Crippen LogP contribution is 2.36. The van der Waals surface area contributed by atoms with Crippen molar-refractivity contribution in [2.45, 2.75) is 52.2 Å². The van der Waals surface area contributed by atoms with Gasteiger partial charge in [0.15, 0.2) is 8.32 Å². The Labute approximate surface area is 133 Å². The predicted octanol–water partition coefficient (Wildman–Crippen LogP) is 5.41. The Morgan fingerprint density at radius 1 is 1.15 bits per heavy atom. The first-order valence-corrected chi connectivity index (χ1v) is 10.9. The number of ether oxygens (including phenoxy) is 1. The molecule has 0 N–H and O–H groups in total. The summed E-state index contributed by atoms with van der Waals surface area (Å²) in [5.74, 6) is 0.890. The molecule has 0 amide bonds. The first-order valence-electron chi connectivity index (χ1n) is 7.22. The maximum atomic E-state index is 6.10. The van der Waals surface area contributed by atoms with Crippen LogP contribution in [0.25, 0.3) is 0 Å². The molecule has 0 aliphatic heterocycles. The van der Waals surface area contributed by atoms with E-state index in [1.165, 1.54) is 5.56 Å². The summed E-state index contributed by atoms with van der Waals surface area (Å²) in [4.78, 5) is 0. The SMILES string of the molecule is CCc1ccc(OCCO[Si](C)(C)C(C)(C)C)c(Br)c1. The van der Waals surface area contributed by atoms with Crippen LogP contribution in [0.1, 0.15) is 33.3 Å². The summed E-state index contributed by atoms with van der Waals surface area (Å²) in [6.45, 7) is 14.7. The van der Waals surface area contributed by atoms with Crippen LogP contribution >= 0.6 is 15.9 Å². The van der Waals surface area contributed by atoms with Crippen molar-refractivity contribution in [1.82, 2.24) is 0 Å². The van der Waals surface area contributed by atoms with Crippen molar-refractivity contribution in [3.8, 4) is 5.75 Å². The first-order chi connectivity index (χ1) is 9.17. The molecule has 0 aromatic heterocycles. The molecule has 0 atom stereocenters. The van der Waals surface area contributed by atoms with E-state index in [9.17, 15) is 0 Å². The highest BCUT2D eigenvalue weighted by molar-refractivity contribution is 9.10. The fraction of sp³-hybridized carbons (Fsp3) is 0.625. The molecule has 0 bridgehead atoms. The van der Waals surface area contributed by atoms with Gasteiger partial charge >= 0.3 is 0 Å². The van der Waals surface area contributed by atoms with Crippen LogP contribution in [0.4, 0.5) is 0 Å². The molecule has 0 spiro atoms. The third-order valence-electron chi connectivity index (χ3n) is 4.01. The molecular weight excluding hydrogens is 332 g/mol. The van der Waals surface area contributed by atoms with Gasteiger partial charge in [0.25, 0.3) is 0 Å². The summed E-state index contributed by atoms with van der Waals surface area (Å²) in [5, 5.41) is 0.246. The molecule has 0 unspecified atom stereocenters. The summed E-state index contributed by atoms with van der Waals surface area (Å²) >= 11 is 3.55. The number of benzene rings is 1. The topological polar surface area (TPSA) is 18.5 Å². The van der Waals surface area contributed by atoms with Crippen LogP contribution in [0.3, 0.4) is 0 Å². The smallest absolute Gasteiger partial charge is 0.192 e. The molecule has 0 saturated carbocycles. The Bertz CT molecular complexity index is 439. The van der Waals surface area contributed by atoms with Gasteiger partial charge in [-0.25, -0.2) is 0 Å². The van der Waals surface area contributed by atoms with Crippen LogP contribution in [-0.2, 0) is 10.8 Å². The molecule has 0 heterocycles. The van der Waals surface area contributed by atoms with Gasteiger partial charge in [-0.15, -0.1) is 0 Å². The lowest BCUT2D eigenvalue weighted by Crippen LogP contribution is -2.41. The van der Waals surface area contributed by atoms with E-state index in [0.29, 0.717) is 13.2 Å². The van der Waals surface area contributed by atoms with Crippen molar-refractivity contribution in [2.24, 2.45) is 0 Å². The van der Waals surface area contributed by atoms with E-state index in [1.807, 2.05) is 6.07 Å². The first kappa shape index (κ1) is 17.7. The Hall–Kier alpha value is -0.323. The number of halogens is 1. The molecule has 2 nitrogen and oxygen atoms in total. The molecule has 4 heteroatoms. The number of aryl methyl sites for hydroxylation is 1. The van der Waals surface area contributed by atoms with Crippen molar-refractivity contribution in [3.63, 3.8) is 0 Å². The van der Waals surface area contributed by atoms with Crippen LogP contribution in [0.15, 0.2) is 22.7 Å². The minimum absolute atomic E-state index is 0.246. The van der Waals surface area contributed by atoms with Crippen molar-refractivity contribution in [1.29, 1.82) is 0 Å². The number of rotatable bonds is 6. The molecule has 0 aliphatic carbocycles. The summed E-state index contributed by atoms with van der Waals surface area (Å²) in [6.07, 6.45) is 1.04. The highest BCUT2D eigenvalue weighted by Gasteiger charge is 2.36. The van der Waals surface area contributed by atoms with Gasteiger partial charge in [-0.1, -0.05) is 33.8 Å². The second-order valence-corrected chi connectivity index (χ2v) is 12.2. The van der Waals surface area contributed by atoms with Gasteiger partial charge in [0.05, 0.1) is 11.1 Å². The molecular formula is C16H27BrO2Si. The van der Waals surface area contributed by atoms with E-state index in [1.54, 1.807) is 0 Å². The molecule has 0 saturated heterocycles. The van der Waals surface area contributed by atoms with Crippen LogP contribution in [0, 0.1) is 0 Å². The van der Waals surface area contributed by atoms with Crippen LogP contribution in [0.5, 0.6) is 5.75 Å². The summed E-state index contributed by atoms with van der Waals surface area (Å²) in [5.41, 5.74) is 1.31. The maximum Gasteiger partial charge on any atom is 0.192 e. The Kier molecular flexibility index (Phi) is 6.29. The lowest BCUT2D eigenvalue weighted by atomic mass is 10.2. The van der Waals surface area contributed by atoms with Gasteiger partial charge in [0.2, 0.25) is 0 Å². The lowest BCUT2D eigenvalue weighted by molar-refractivity contribution is 0.203. The second kappa shape index (κ2) is 7.10. The van der Waals surface area contributed by atoms with Crippen molar-refractivity contribution in [3.05, 3.63) is 28.2 Å². The lowest BCUT2D eigenvalue weighted by Gasteiger charge is -2.36. The third-order valence-corrected chi connectivity index (χ3v) is 9.17. The van der Waals surface area contributed by atoms with E-state index >= 15 is 0 Å². The summed E-state index contributed by atoms with van der Waals surface area (Å²) in [7, 11) is -1.66. The van der Waals surface area contributed by atoms with Gasteiger partial charge in [0.1, 0.15) is 12.4 Å². The average Bonchev–Trinajstić information content (AvgIpc) is 2.34. The van der Waals surface area contributed by atoms with E-state index in [4.69, 9.17) is 9.16 Å². The van der Waals surface area contributed by atoms with E-state index < -0.39 is 8.32 Å². The van der Waals surface area contributed by atoms with Crippen LogP contribution in [0.2, 0.25) is 18.1 Å². The van der Waals surface area contributed by atoms with Crippen LogP contribution in [-0.4, -0.2) is 21.5 Å². The van der Waals surface area contributed by atoms with Gasteiger partial charge in [0, 0.05) is 0 Å². The van der Waals surface area contributed by atoms with E-state index in [2.05, 4.69) is 68.9 Å². The summed E-state index contributed by atoms with van der Waals surface area (Å²) < 4.78 is 12.9. The standard InChI is InChI=1S/C16H27BrO2Si/c1-7-13-8-9-15(14(17)12-13)18-10-11-19-20(5,6)16(2,3)4/h8-9,12H,7,10-11H2,1-6H3. The average molecular weight is 359 g/mol.